The van der Waals surface area contributed by atoms with Crippen LogP contribution in [0.3, 0.4) is 0 Å². The van der Waals surface area contributed by atoms with Crippen LogP contribution >= 0.6 is 39.2 Å². The average Bonchev–Trinajstić information content (AvgIpc) is 2.79. The van der Waals surface area contributed by atoms with Gasteiger partial charge in [-0.1, -0.05) is 6.92 Å². The standard InChI is InChI=1S/C9H10BrN5S2/c1-3-5-14-9(17-15-5)16-8-6(10)7(11-2)12-4-13-8/h4H,3H2,1-2H3,(H,11,12,13). The van der Waals surface area contributed by atoms with Crippen LogP contribution in [-0.2, 0) is 6.42 Å². The van der Waals surface area contributed by atoms with Gasteiger partial charge in [0.05, 0.1) is 4.47 Å². The molecule has 2 aromatic heterocycles. The summed E-state index contributed by atoms with van der Waals surface area (Å²) in [7, 11) is 1.82. The Labute approximate surface area is 116 Å². The van der Waals surface area contributed by atoms with Crippen LogP contribution in [0.5, 0.6) is 0 Å². The quantitative estimate of drug-likeness (QED) is 0.869. The van der Waals surface area contributed by atoms with Gasteiger partial charge in [-0.15, -0.1) is 0 Å². The Kier molecular flexibility index (Phi) is 4.30. The van der Waals surface area contributed by atoms with E-state index in [1.807, 2.05) is 14.0 Å². The maximum atomic E-state index is 4.39. The molecule has 0 saturated heterocycles. The summed E-state index contributed by atoms with van der Waals surface area (Å²) in [5, 5.41) is 3.83. The molecule has 17 heavy (non-hydrogen) atoms. The van der Waals surface area contributed by atoms with Crippen molar-refractivity contribution in [1.82, 2.24) is 19.3 Å². The molecular formula is C9H10BrN5S2. The first kappa shape index (κ1) is 12.7. The van der Waals surface area contributed by atoms with E-state index < -0.39 is 0 Å². The number of nitrogens with zero attached hydrogens (tertiary/aromatic N) is 4. The molecule has 2 rings (SSSR count). The Hall–Kier alpha value is -0.730. The molecule has 0 amide bonds. The van der Waals surface area contributed by atoms with E-state index in [9.17, 15) is 0 Å². The molecule has 5 nitrogen and oxygen atoms in total. The van der Waals surface area contributed by atoms with Crippen LogP contribution in [0.4, 0.5) is 5.82 Å². The molecule has 0 saturated carbocycles. The number of anilines is 1. The Morgan fingerprint density at radius 2 is 2.29 bits per heavy atom. The molecule has 2 aromatic rings. The van der Waals surface area contributed by atoms with Crippen molar-refractivity contribution in [1.29, 1.82) is 0 Å². The molecule has 0 fully saturated rings. The minimum atomic E-state index is 0.766. The number of nitrogens with one attached hydrogen (secondary N) is 1. The van der Waals surface area contributed by atoms with Crippen LogP contribution in [0.1, 0.15) is 12.7 Å². The molecule has 0 aliphatic heterocycles. The van der Waals surface area contributed by atoms with Crippen molar-refractivity contribution in [2.75, 3.05) is 12.4 Å². The van der Waals surface area contributed by atoms with Gasteiger partial charge in [-0.25, -0.2) is 15.0 Å². The summed E-state index contributed by atoms with van der Waals surface area (Å²) >= 11 is 6.35. The number of aryl methyl sites for hydroxylation is 1. The minimum absolute atomic E-state index is 0.766. The molecule has 0 atom stereocenters. The molecular weight excluding hydrogens is 322 g/mol. The summed E-state index contributed by atoms with van der Waals surface area (Å²) in [6, 6.07) is 0. The lowest BCUT2D eigenvalue weighted by Crippen LogP contribution is -1.96. The zero-order valence-corrected chi connectivity index (χ0v) is 12.5. The van der Waals surface area contributed by atoms with Gasteiger partial charge >= 0.3 is 0 Å². The highest BCUT2D eigenvalue weighted by molar-refractivity contribution is 9.10. The number of hydrogen-bond donors (Lipinski definition) is 1. The third-order valence-electron chi connectivity index (χ3n) is 1.94. The van der Waals surface area contributed by atoms with Crippen molar-refractivity contribution < 1.29 is 0 Å². The normalized spacial score (nSPS) is 10.5. The lowest BCUT2D eigenvalue weighted by molar-refractivity contribution is 0.967. The number of hydrogen-bond acceptors (Lipinski definition) is 7. The van der Waals surface area contributed by atoms with E-state index in [1.165, 1.54) is 29.6 Å². The molecule has 0 aliphatic carbocycles. The van der Waals surface area contributed by atoms with Crippen LogP contribution in [0, 0.1) is 0 Å². The van der Waals surface area contributed by atoms with Gasteiger partial charge in [-0.05, 0) is 39.2 Å². The maximum Gasteiger partial charge on any atom is 0.176 e. The SMILES string of the molecule is CCc1nsc(Sc2ncnc(NC)c2Br)n1. The summed E-state index contributed by atoms with van der Waals surface area (Å²) < 4.78 is 5.98. The molecule has 1 N–H and O–H groups in total. The van der Waals surface area contributed by atoms with Gasteiger partial charge in [-0.3, -0.25) is 0 Å². The second-order valence-corrected chi connectivity index (χ2v) is 5.80. The van der Waals surface area contributed by atoms with Gasteiger partial charge in [0.1, 0.15) is 23.0 Å². The number of rotatable bonds is 4. The second-order valence-electron chi connectivity index (χ2n) is 3.02. The van der Waals surface area contributed by atoms with E-state index in [0.717, 1.165) is 31.9 Å². The first-order chi connectivity index (χ1) is 8.24. The summed E-state index contributed by atoms with van der Waals surface area (Å²) in [6.45, 7) is 2.04. The number of aromatic nitrogens is 4. The third kappa shape index (κ3) is 2.93. The molecule has 90 valence electrons. The van der Waals surface area contributed by atoms with Crippen molar-refractivity contribution in [3.05, 3.63) is 16.6 Å². The van der Waals surface area contributed by atoms with E-state index in [1.54, 1.807) is 0 Å². The number of halogens is 1. The highest BCUT2D eigenvalue weighted by atomic mass is 79.9. The summed E-state index contributed by atoms with van der Waals surface area (Å²) in [5.41, 5.74) is 0. The lowest BCUT2D eigenvalue weighted by Gasteiger charge is -2.04. The monoisotopic (exact) mass is 331 g/mol. The van der Waals surface area contributed by atoms with Gasteiger partial charge in [0.2, 0.25) is 0 Å². The maximum absolute atomic E-state index is 4.39. The zero-order valence-electron chi connectivity index (χ0n) is 9.27. The van der Waals surface area contributed by atoms with E-state index in [-0.39, 0.29) is 0 Å². The Balaban J connectivity index is 2.23. The van der Waals surface area contributed by atoms with Crippen molar-refractivity contribution in [2.24, 2.45) is 0 Å². The van der Waals surface area contributed by atoms with Crippen molar-refractivity contribution in [2.45, 2.75) is 22.7 Å². The second kappa shape index (κ2) is 5.74. The van der Waals surface area contributed by atoms with E-state index in [0.29, 0.717) is 0 Å². The predicted octanol–water partition coefficient (Wildman–Crippen LogP) is 2.85. The topological polar surface area (TPSA) is 63.6 Å². The van der Waals surface area contributed by atoms with Gasteiger partial charge in [0, 0.05) is 13.5 Å². The van der Waals surface area contributed by atoms with Crippen LogP contribution < -0.4 is 5.32 Å². The van der Waals surface area contributed by atoms with E-state index >= 15 is 0 Å². The zero-order chi connectivity index (χ0) is 12.3. The van der Waals surface area contributed by atoms with E-state index in [4.69, 9.17) is 0 Å². The van der Waals surface area contributed by atoms with Crippen LogP contribution in [0.25, 0.3) is 0 Å². The molecule has 0 unspecified atom stereocenters. The van der Waals surface area contributed by atoms with Crippen molar-refractivity contribution >= 4 is 45.0 Å². The molecule has 0 aliphatic rings. The molecule has 8 heteroatoms. The fourth-order valence-electron chi connectivity index (χ4n) is 1.10. The van der Waals surface area contributed by atoms with Gasteiger partial charge in [0.25, 0.3) is 0 Å². The van der Waals surface area contributed by atoms with E-state index in [2.05, 4.69) is 40.6 Å². The third-order valence-corrected chi connectivity index (χ3v) is 4.75. The van der Waals surface area contributed by atoms with Gasteiger partial charge < -0.3 is 5.32 Å². The largest absolute Gasteiger partial charge is 0.372 e. The van der Waals surface area contributed by atoms with Gasteiger partial charge in [-0.2, -0.15) is 4.37 Å². The Morgan fingerprint density at radius 3 is 2.94 bits per heavy atom. The molecule has 0 bridgehead atoms. The van der Waals surface area contributed by atoms with Gasteiger partial charge in [0.15, 0.2) is 4.34 Å². The fraction of sp³-hybridized carbons (Fsp3) is 0.333. The molecule has 0 aromatic carbocycles. The van der Waals surface area contributed by atoms with Crippen molar-refractivity contribution in [3.8, 4) is 0 Å². The Bertz CT molecular complexity index is 516. The first-order valence-electron chi connectivity index (χ1n) is 4.93. The Morgan fingerprint density at radius 1 is 1.47 bits per heavy atom. The average molecular weight is 332 g/mol. The van der Waals surface area contributed by atoms with Crippen LogP contribution in [0.15, 0.2) is 20.2 Å². The fourth-order valence-corrected chi connectivity index (χ4v) is 3.35. The summed E-state index contributed by atoms with van der Waals surface area (Å²) in [4.78, 5) is 12.7. The molecule has 0 spiro atoms. The highest BCUT2D eigenvalue weighted by Crippen LogP contribution is 2.35. The smallest absolute Gasteiger partial charge is 0.176 e. The summed E-state index contributed by atoms with van der Waals surface area (Å²) in [5.74, 6) is 1.64. The minimum Gasteiger partial charge on any atom is -0.372 e. The van der Waals surface area contributed by atoms with Crippen LogP contribution in [-0.4, -0.2) is 26.4 Å². The molecule has 2 heterocycles. The lowest BCUT2D eigenvalue weighted by atomic mass is 10.5. The van der Waals surface area contributed by atoms with Crippen LogP contribution in [0.2, 0.25) is 0 Å². The highest BCUT2D eigenvalue weighted by Gasteiger charge is 2.11. The van der Waals surface area contributed by atoms with Crippen molar-refractivity contribution in [3.63, 3.8) is 0 Å². The molecule has 0 radical (unpaired) electrons. The first-order valence-corrected chi connectivity index (χ1v) is 7.31. The predicted molar refractivity (Wildman–Crippen MR) is 72.7 cm³/mol. The summed E-state index contributed by atoms with van der Waals surface area (Å²) in [6.07, 6.45) is 2.38.